The van der Waals surface area contributed by atoms with Gasteiger partial charge in [0.1, 0.15) is 0 Å². The zero-order chi connectivity index (χ0) is 12.7. The van der Waals surface area contributed by atoms with Gasteiger partial charge in [0.25, 0.3) is 5.91 Å². The van der Waals surface area contributed by atoms with Gasteiger partial charge < -0.3 is 16.4 Å². The molecular weight excluding hydrogens is 242 g/mol. The highest BCUT2D eigenvalue weighted by molar-refractivity contribution is 6.34. The van der Waals surface area contributed by atoms with E-state index in [0.717, 1.165) is 0 Å². The Morgan fingerprint density at radius 3 is 2.88 bits per heavy atom. The number of nitrogens with one attached hydrogen (secondary N) is 2. The molecular formula is C11H14ClN3O2. The largest absolute Gasteiger partial charge is 0.399 e. The first-order valence-electron chi connectivity index (χ1n) is 5.15. The van der Waals surface area contributed by atoms with E-state index < -0.39 is 0 Å². The summed E-state index contributed by atoms with van der Waals surface area (Å²) in [6.07, 6.45) is 1.28. The molecule has 0 heterocycles. The van der Waals surface area contributed by atoms with Crippen LogP contribution in [-0.4, -0.2) is 25.4 Å². The molecule has 0 aromatic heterocycles. The van der Waals surface area contributed by atoms with Gasteiger partial charge in [0.2, 0.25) is 6.41 Å². The summed E-state index contributed by atoms with van der Waals surface area (Å²) >= 11 is 5.88. The van der Waals surface area contributed by atoms with Gasteiger partial charge in [0.05, 0.1) is 10.6 Å². The molecule has 0 spiro atoms. The fourth-order valence-corrected chi connectivity index (χ4v) is 1.47. The van der Waals surface area contributed by atoms with Crippen molar-refractivity contribution in [2.45, 2.75) is 6.42 Å². The van der Waals surface area contributed by atoms with Crippen molar-refractivity contribution in [1.82, 2.24) is 10.6 Å². The first-order chi connectivity index (χ1) is 8.15. The maximum absolute atomic E-state index is 11.7. The van der Waals surface area contributed by atoms with Crippen molar-refractivity contribution in [1.29, 1.82) is 0 Å². The molecule has 0 aliphatic heterocycles. The van der Waals surface area contributed by atoms with Crippen molar-refractivity contribution < 1.29 is 9.59 Å². The van der Waals surface area contributed by atoms with Crippen molar-refractivity contribution in [3.63, 3.8) is 0 Å². The smallest absolute Gasteiger partial charge is 0.252 e. The summed E-state index contributed by atoms with van der Waals surface area (Å²) in [4.78, 5) is 21.7. The zero-order valence-corrected chi connectivity index (χ0v) is 9.96. The van der Waals surface area contributed by atoms with Crippen molar-refractivity contribution >= 4 is 29.6 Å². The summed E-state index contributed by atoms with van der Waals surface area (Å²) in [5, 5.41) is 5.56. The number of nitrogen functional groups attached to an aromatic ring is 1. The van der Waals surface area contributed by atoms with Gasteiger partial charge in [0, 0.05) is 18.8 Å². The van der Waals surface area contributed by atoms with Gasteiger partial charge in [-0.05, 0) is 24.6 Å². The van der Waals surface area contributed by atoms with Crippen molar-refractivity contribution in [2.24, 2.45) is 0 Å². The molecule has 0 aliphatic carbocycles. The molecule has 0 aliphatic rings. The molecule has 92 valence electrons. The van der Waals surface area contributed by atoms with E-state index >= 15 is 0 Å². The van der Waals surface area contributed by atoms with Crippen LogP contribution in [0.1, 0.15) is 16.8 Å². The Labute approximate surface area is 104 Å². The number of rotatable bonds is 6. The molecule has 0 bridgehead atoms. The van der Waals surface area contributed by atoms with Crippen LogP contribution in [-0.2, 0) is 4.79 Å². The number of benzene rings is 1. The second-order valence-corrected chi connectivity index (χ2v) is 3.83. The van der Waals surface area contributed by atoms with Crippen molar-refractivity contribution in [3.8, 4) is 0 Å². The standard InChI is InChI=1S/C11H14ClN3O2/c12-10-3-2-8(13)6-9(10)11(17)15-5-1-4-14-7-16/h2-3,6-7H,1,4-5,13H2,(H,14,16)(H,15,17). The summed E-state index contributed by atoms with van der Waals surface area (Å²) in [7, 11) is 0. The van der Waals surface area contributed by atoms with Crippen molar-refractivity contribution in [2.75, 3.05) is 18.8 Å². The Bertz CT molecular complexity index is 410. The predicted molar refractivity (Wildman–Crippen MR) is 66.9 cm³/mol. The molecule has 6 heteroatoms. The van der Waals surface area contributed by atoms with Gasteiger partial charge in [-0.3, -0.25) is 9.59 Å². The Morgan fingerprint density at radius 2 is 2.18 bits per heavy atom. The number of amides is 2. The van der Waals surface area contributed by atoms with E-state index in [1.54, 1.807) is 12.1 Å². The highest BCUT2D eigenvalue weighted by atomic mass is 35.5. The number of hydrogen-bond acceptors (Lipinski definition) is 3. The first kappa shape index (κ1) is 13.3. The highest BCUT2D eigenvalue weighted by Gasteiger charge is 2.09. The number of carbonyl (C=O) groups is 2. The second kappa shape index (κ2) is 6.75. The summed E-state index contributed by atoms with van der Waals surface area (Å²) in [6, 6.07) is 4.74. The molecule has 0 radical (unpaired) electrons. The van der Waals surface area contributed by atoms with Gasteiger partial charge in [-0.1, -0.05) is 11.6 Å². The van der Waals surface area contributed by atoms with E-state index in [9.17, 15) is 9.59 Å². The summed E-state index contributed by atoms with van der Waals surface area (Å²) in [5.41, 5.74) is 6.42. The molecule has 1 aromatic rings. The van der Waals surface area contributed by atoms with Crippen LogP contribution in [0.3, 0.4) is 0 Å². The maximum atomic E-state index is 11.7. The summed E-state index contributed by atoms with van der Waals surface area (Å²) in [6.45, 7) is 0.985. The minimum atomic E-state index is -0.270. The third kappa shape index (κ3) is 4.32. The number of carbonyl (C=O) groups excluding carboxylic acids is 2. The molecule has 0 atom stereocenters. The Hall–Kier alpha value is -1.75. The van der Waals surface area contributed by atoms with Gasteiger partial charge in [-0.25, -0.2) is 0 Å². The van der Waals surface area contributed by atoms with Crippen LogP contribution in [0.25, 0.3) is 0 Å². The Morgan fingerprint density at radius 1 is 1.41 bits per heavy atom. The van der Waals surface area contributed by atoms with Gasteiger partial charge >= 0.3 is 0 Å². The van der Waals surface area contributed by atoms with Crippen LogP contribution in [0.2, 0.25) is 5.02 Å². The number of halogens is 1. The van der Waals surface area contributed by atoms with Gasteiger partial charge in [-0.15, -0.1) is 0 Å². The van der Waals surface area contributed by atoms with Crippen LogP contribution in [0.5, 0.6) is 0 Å². The molecule has 4 N–H and O–H groups in total. The normalized spacial score (nSPS) is 9.71. The van der Waals surface area contributed by atoms with Crippen LogP contribution in [0.4, 0.5) is 5.69 Å². The topological polar surface area (TPSA) is 84.2 Å². The van der Waals surface area contributed by atoms with E-state index in [1.165, 1.54) is 6.07 Å². The number of anilines is 1. The fourth-order valence-electron chi connectivity index (χ4n) is 1.26. The molecule has 0 saturated heterocycles. The van der Waals surface area contributed by atoms with Crippen LogP contribution < -0.4 is 16.4 Å². The van der Waals surface area contributed by atoms with E-state index in [2.05, 4.69) is 10.6 Å². The molecule has 5 nitrogen and oxygen atoms in total. The minimum absolute atomic E-state index is 0.270. The van der Waals surface area contributed by atoms with Crippen LogP contribution in [0.15, 0.2) is 18.2 Å². The average Bonchev–Trinajstić information content (AvgIpc) is 2.32. The summed E-state index contributed by atoms with van der Waals surface area (Å²) < 4.78 is 0. The SMILES string of the molecule is Nc1ccc(Cl)c(C(=O)NCCCNC=O)c1. The molecule has 0 fully saturated rings. The quantitative estimate of drug-likeness (QED) is 0.399. The van der Waals surface area contributed by atoms with E-state index in [4.69, 9.17) is 17.3 Å². The monoisotopic (exact) mass is 255 g/mol. The lowest BCUT2D eigenvalue weighted by Gasteiger charge is -2.07. The average molecular weight is 256 g/mol. The van der Waals surface area contributed by atoms with Crippen molar-refractivity contribution in [3.05, 3.63) is 28.8 Å². The highest BCUT2D eigenvalue weighted by Crippen LogP contribution is 2.18. The number of nitrogens with two attached hydrogens (primary N) is 1. The minimum Gasteiger partial charge on any atom is -0.399 e. The number of hydrogen-bond donors (Lipinski definition) is 3. The fraction of sp³-hybridized carbons (Fsp3) is 0.273. The maximum Gasteiger partial charge on any atom is 0.252 e. The van der Waals surface area contributed by atoms with E-state index in [1.807, 2.05) is 0 Å². The lowest BCUT2D eigenvalue weighted by atomic mass is 10.2. The summed E-state index contributed by atoms with van der Waals surface area (Å²) in [5.74, 6) is -0.270. The molecule has 2 amide bonds. The third-order valence-electron chi connectivity index (χ3n) is 2.10. The lowest BCUT2D eigenvalue weighted by Crippen LogP contribution is -2.27. The molecule has 1 aromatic carbocycles. The molecule has 0 saturated carbocycles. The van der Waals surface area contributed by atoms with Crippen LogP contribution in [0, 0.1) is 0 Å². The van der Waals surface area contributed by atoms with Gasteiger partial charge in [-0.2, -0.15) is 0 Å². The Balaban J connectivity index is 2.46. The lowest BCUT2D eigenvalue weighted by molar-refractivity contribution is -0.109. The predicted octanol–water partition coefficient (Wildman–Crippen LogP) is 0.788. The molecule has 17 heavy (non-hydrogen) atoms. The molecule has 1 rings (SSSR count). The van der Waals surface area contributed by atoms with E-state index in [-0.39, 0.29) is 5.91 Å². The third-order valence-corrected chi connectivity index (χ3v) is 2.43. The Kier molecular flexibility index (Phi) is 5.29. The van der Waals surface area contributed by atoms with Gasteiger partial charge in [0.15, 0.2) is 0 Å². The first-order valence-corrected chi connectivity index (χ1v) is 5.53. The zero-order valence-electron chi connectivity index (χ0n) is 9.20. The van der Waals surface area contributed by atoms with E-state index in [0.29, 0.717) is 42.2 Å². The van der Waals surface area contributed by atoms with Crippen LogP contribution >= 0.6 is 11.6 Å². The molecule has 0 unspecified atom stereocenters. The second-order valence-electron chi connectivity index (χ2n) is 3.42.